The minimum Gasteiger partial charge on any atom is -0.312 e. The first kappa shape index (κ1) is 10.0. The molecule has 2 aromatic rings. The Morgan fingerprint density at radius 2 is 2.17 bits per heavy atom. The first-order valence-corrected chi connectivity index (χ1v) is 6.44. The van der Waals surface area contributed by atoms with Gasteiger partial charge in [0.25, 0.3) is 0 Å². The summed E-state index contributed by atoms with van der Waals surface area (Å²) in [4.78, 5) is 12.6. The smallest absolute Gasteiger partial charge is 0.171 e. The van der Waals surface area contributed by atoms with Crippen LogP contribution in [0.2, 0.25) is 0 Å². The monoisotopic (exact) mass is 239 g/mol. The molecule has 90 valence electrons. The Bertz CT molecular complexity index is 653. The molecule has 2 aromatic heterocycles. The molecule has 0 N–H and O–H groups in total. The van der Waals surface area contributed by atoms with E-state index >= 15 is 0 Å². The zero-order valence-electron chi connectivity index (χ0n) is 9.95. The summed E-state index contributed by atoms with van der Waals surface area (Å²) < 4.78 is 2.17. The lowest BCUT2D eigenvalue weighted by atomic mass is 9.95. The van der Waals surface area contributed by atoms with Gasteiger partial charge in [-0.1, -0.05) is 6.42 Å². The van der Waals surface area contributed by atoms with Gasteiger partial charge >= 0.3 is 0 Å². The van der Waals surface area contributed by atoms with Gasteiger partial charge < -0.3 is 4.57 Å². The van der Waals surface area contributed by atoms with Crippen molar-refractivity contribution in [3.8, 4) is 6.07 Å². The number of nitrogens with zero attached hydrogens (tertiary/aromatic N) is 5. The highest BCUT2D eigenvalue weighted by atomic mass is 15.1. The first-order chi connectivity index (χ1) is 8.86. The highest BCUT2D eigenvalue weighted by Crippen LogP contribution is 2.51. The van der Waals surface area contributed by atoms with Crippen molar-refractivity contribution in [1.29, 1.82) is 5.26 Å². The Kier molecular flexibility index (Phi) is 1.95. The van der Waals surface area contributed by atoms with E-state index in [-0.39, 0.29) is 0 Å². The molecule has 0 aliphatic heterocycles. The number of imidazole rings is 1. The van der Waals surface area contributed by atoms with Crippen LogP contribution in [-0.4, -0.2) is 19.5 Å². The summed E-state index contributed by atoms with van der Waals surface area (Å²) in [6, 6.07) is 2.60. The minimum absolute atomic E-state index is 0.377. The van der Waals surface area contributed by atoms with Crippen molar-refractivity contribution in [2.24, 2.45) is 11.8 Å². The maximum Gasteiger partial charge on any atom is 0.171 e. The number of fused-ring (bicyclic) bond motifs is 3. The summed E-state index contributed by atoms with van der Waals surface area (Å²) in [5.74, 6) is 1.66. The highest BCUT2D eigenvalue weighted by molar-refractivity contribution is 5.75. The van der Waals surface area contributed by atoms with Crippen LogP contribution in [0.15, 0.2) is 12.7 Å². The zero-order chi connectivity index (χ0) is 12.1. The van der Waals surface area contributed by atoms with E-state index in [4.69, 9.17) is 5.26 Å². The lowest BCUT2D eigenvalue weighted by Crippen LogP contribution is -2.15. The molecule has 2 fully saturated rings. The van der Waals surface area contributed by atoms with Crippen molar-refractivity contribution in [2.45, 2.75) is 31.7 Å². The predicted molar refractivity (Wildman–Crippen MR) is 64.5 cm³/mol. The average molecular weight is 239 g/mol. The molecule has 5 nitrogen and oxygen atoms in total. The highest BCUT2D eigenvalue weighted by Gasteiger charge is 2.41. The molecule has 3 atom stereocenters. The largest absolute Gasteiger partial charge is 0.312 e. The van der Waals surface area contributed by atoms with Crippen LogP contribution in [0.5, 0.6) is 0 Å². The van der Waals surface area contributed by atoms with E-state index in [0.717, 1.165) is 17.5 Å². The second-order valence-corrected chi connectivity index (χ2v) is 5.40. The molecule has 2 aliphatic rings. The molecule has 18 heavy (non-hydrogen) atoms. The normalized spacial score (nSPS) is 29.8. The quantitative estimate of drug-likeness (QED) is 0.763. The predicted octanol–water partition coefficient (Wildman–Crippen LogP) is 2.06. The summed E-state index contributed by atoms with van der Waals surface area (Å²) in [6.45, 7) is 0. The molecule has 0 radical (unpaired) electrons. The third-order valence-corrected chi connectivity index (χ3v) is 4.52. The van der Waals surface area contributed by atoms with Crippen molar-refractivity contribution in [3.05, 3.63) is 18.3 Å². The van der Waals surface area contributed by atoms with Crippen molar-refractivity contribution in [2.75, 3.05) is 0 Å². The van der Waals surface area contributed by atoms with Gasteiger partial charge in [-0.05, 0) is 31.1 Å². The molecule has 4 rings (SSSR count). The Labute approximate surface area is 104 Å². The number of hydrogen-bond donors (Lipinski definition) is 0. The van der Waals surface area contributed by atoms with Gasteiger partial charge in [0.2, 0.25) is 0 Å². The molecule has 0 spiro atoms. The summed E-state index contributed by atoms with van der Waals surface area (Å²) >= 11 is 0. The van der Waals surface area contributed by atoms with Crippen LogP contribution < -0.4 is 0 Å². The SMILES string of the molecule is N#Cc1ncnc2c1ncn2[C@@H]1C[C@H]2CC[C@@H]1C2. The topological polar surface area (TPSA) is 67.4 Å². The van der Waals surface area contributed by atoms with Gasteiger partial charge in [0.1, 0.15) is 17.9 Å². The van der Waals surface area contributed by atoms with E-state index in [1.54, 1.807) is 0 Å². The number of aromatic nitrogens is 4. The van der Waals surface area contributed by atoms with Crippen molar-refractivity contribution >= 4 is 11.2 Å². The maximum absolute atomic E-state index is 9.03. The van der Waals surface area contributed by atoms with Crippen molar-refractivity contribution < 1.29 is 0 Å². The van der Waals surface area contributed by atoms with E-state index in [0.29, 0.717) is 17.3 Å². The molecule has 2 saturated carbocycles. The summed E-state index contributed by atoms with van der Waals surface area (Å²) in [7, 11) is 0. The van der Waals surface area contributed by atoms with Crippen LogP contribution in [0.4, 0.5) is 0 Å². The van der Waals surface area contributed by atoms with Crippen LogP contribution in [0.25, 0.3) is 11.2 Å². The fraction of sp³-hybridized carbons (Fsp3) is 0.538. The first-order valence-electron chi connectivity index (χ1n) is 6.44. The van der Waals surface area contributed by atoms with Gasteiger partial charge in [0, 0.05) is 6.04 Å². The summed E-state index contributed by atoms with van der Waals surface area (Å²) in [6.07, 6.45) is 8.60. The maximum atomic E-state index is 9.03. The van der Waals surface area contributed by atoms with E-state index < -0.39 is 0 Å². The van der Waals surface area contributed by atoms with E-state index in [1.807, 2.05) is 6.33 Å². The van der Waals surface area contributed by atoms with Gasteiger partial charge in [-0.2, -0.15) is 5.26 Å². The van der Waals surface area contributed by atoms with E-state index in [9.17, 15) is 0 Å². The molecule has 0 saturated heterocycles. The molecule has 0 amide bonds. The molecule has 2 heterocycles. The summed E-state index contributed by atoms with van der Waals surface area (Å²) in [5.41, 5.74) is 1.84. The molecule has 0 unspecified atom stereocenters. The Hall–Kier alpha value is -1.96. The van der Waals surface area contributed by atoms with E-state index in [2.05, 4.69) is 25.6 Å². The lowest BCUT2D eigenvalue weighted by Gasteiger charge is -2.23. The lowest BCUT2D eigenvalue weighted by molar-refractivity contribution is 0.334. The Morgan fingerprint density at radius 1 is 1.22 bits per heavy atom. The van der Waals surface area contributed by atoms with Crippen LogP contribution in [0.1, 0.15) is 37.4 Å². The standard InChI is InChI=1S/C13H13N5/c14-5-10-12-13(16-6-15-10)18(7-17-12)11-4-8-1-2-9(11)3-8/h6-9,11H,1-4H2/t8-,9+,11+/m0/s1. The second-order valence-electron chi connectivity index (χ2n) is 5.40. The van der Waals surface area contributed by atoms with Gasteiger partial charge in [0.15, 0.2) is 11.3 Å². The fourth-order valence-corrected chi connectivity index (χ4v) is 3.73. The van der Waals surface area contributed by atoms with Crippen LogP contribution >= 0.6 is 0 Å². The molecule has 2 aliphatic carbocycles. The molecule has 0 aromatic carbocycles. The van der Waals surface area contributed by atoms with Crippen molar-refractivity contribution in [1.82, 2.24) is 19.5 Å². The molecule has 2 bridgehead atoms. The zero-order valence-corrected chi connectivity index (χ0v) is 9.95. The summed E-state index contributed by atoms with van der Waals surface area (Å²) in [5, 5.41) is 9.03. The van der Waals surface area contributed by atoms with Gasteiger partial charge in [-0.25, -0.2) is 15.0 Å². The number of hydrogen-bond acceptors (Lipinski definition) is 4. The van der Waals surface area contributed by atoms with Crippen LogP contribution in [0.3, 0.4) is 0 Å². The molecular formula is C13H13N5. The van der Waals surface area contributed by atoms with Gasteiger partial charge in [-0.15, -0.1) is 0 Å². The third-order valence-electron chi connectivity index (χ3n) is 4.52. The fourth-order valence-electron chi connectivity index (χ4n) is 3.73. The van der Waals surface area contributed by atoms with Crippen molar-refractivity contribution in [3.63, 3.8) is 0 Å². The van der Waals surface area contributed by atoms with E-state index in [1.165, 1.54) is 32.0 Å². The van der Waals surface area contributed by atoms with Gasteiger partial charge in [0.05, 0.1) is 6.33 Å². The Morgan fingerprint density at radius 3 is 2.89 bits per heavy atom. The number of rotatable bonds is 1. The third kappa shape index (κ3) is 1.23. The number of nitriles is 1. The second kappa shape index (κ2) is 3.52. The molecular weight excluding hydrogens is 226 g/mol. The van der Waals surface area contributed by atoms with Crippen LogP contribution in [-0.2, 0) is 0 Å². The Balaban J connectivity index is 1.85. The minimum atomic E-state index is 0.377. The average Bonchev–Trinajstić information content (AvgIpc) is 3.11. The van der Waals surface area contributed by atoms with Crippen LogP contribution in [0, 0.1) is 23.2 Å². The van der Waals surface area contributed by atoms with Gasteiger partial charge in [-0.3, -0.25) is 0 Å². The molecule has 5 heteroatoms.